The van der Waals surface area contributed by atoms with E-state index in [1.165, 1.54) is 13.3 Å². The maximum Gasteiger partial charge on any atom is 0.249 e. The van der Waals surface area contributed by atoms with Crippen LogP contribution >= 0.6 is 0 Å². The number of phenols is 1. The van der Waals surface area contributed by atoms with Crippen molar-refractivity contribution in [2.24, 2.45) is 5.10 Å². The number of nitrogens with zero attached hydrogens (tertiary/aromatic N) is 1. The number of nitrogens with one attached hydrogen (secondary N) is 2. The minimum atomic E-state index is -0.588. The first-order valence-electron chi connectivity index (χ1n) is 7.65. The van der Waals surface area contributed by atoms with Gasteiger partial charge in [0.1, 0.15) is 12.2 Å². The number of rotatable bonds is 7. The molecule has 2 aromatic carbocycles. The number of ether oxygens (including phenoxy) is 2. The van der Waals surface area contributed by atoms with Gasteiger partial charge in [-0.1, -0.05) is 6.07 Å². The molecule has 8 heteroatoms. The third-order valence-electron chi connectivity index (χ3n) is 3.34. The zero-order chi connectivity index (χ0) is 18.9. The fourth-order valence-corrected chi connectivity index (χ4v) is 2.05. The van der Waals surface area contributed by atoms with Gasteiger partial charge in [0.2, 0.25) is 11.8 Å². The molecule has 2 rings (SSSR count). The van der Waals surface area contributed by atoms with Crippen molar-refractivity contribution in [2.75, 3.05) is 19.5 Å². The Kier molecular flexibility index (Phi) is 6.55. The summed E-state index contributed by atoms with van der Waals surface area (Å²) in [6, 6.07) is 11.6. The molecule has 0 unspecified atom stereocenters. The number of methoxy groups -OCH3 is 2. The van der Waals surface area contributed by atoms with Crippen molar-refractivity contribution in [3.63, 3.8) is 0 Å². The van der Waals surface area contributed by atoms with E-state index in [-0.39, 0.29) is 5.75 Å². The molecular weight excluding hydrogens is 338 g/mol. The Morgan fingerprint density at radius 2 is 1.81 bits per heavy atom. The summed E-state index contributed by atoms with van der Waals surface area (Å²) in [5.74, 6) is -0.206. The first-order valence-corrected chi connectivity index (χ1v) is 7.65. The molecule has 0 radical (unpaired) electrons. The van der Waals surface area contributed by atoms with Crippen molar-refractivity contribution in [3.8, 4) is 17.2 Å². The van der Waals surface area contributed by atoms with Gasteiger partial charge in [0.15, 0.2) is 11.5 Å². The average molecular weight is 357 g/mol. The molecule has 2 aromatic rings. The molecule has 136 valence electrons. The van der Waals surface area contributed by atoms with Crippen LogP contribution in [0.5, 0.6) is 17.2 Å². The predicted octanol–water partition coefficient (Wildman–Crippen LogP) is 1.89. The van der Waals surface area contributed by atoms with Crippen molar-refractivity contribution in [2.45, 2.75) is 6.42 Å². The lowest BCUT2D eigenvalue weighted by Crippen LogP contribution is -2.24. The topological polar surface area (TPSA) is 109 Å². The van der Waals surface area contributed by atoms with E-state index in [4.69, 9.17) is 9.47 Å². The highest BCUT2D eigenvalue weighted by Gasteiger charge is 2.09. The molecule has 3 N–H and O–H groups in total. The summed E-state index contributed by atoms with van der Waals surface area (Å²) >= 11 is 0. The van der Waals surface area contributed by atoms with Crippen molar-refractivity contribution in [3.05, 3.63) is 48.0 Å². The zero-order valence-corrected chi connectivity index (χ0v) is 14.4. The molecule has 0 aromatic heterocycles. The number of hydrogen-bond acceptors (Lipinski definition) is 6. The van der Waals surface area contributed by atoms with Crippen LogP contribution in [-0.4, -0.2) is 37.4 Å². The molecule has 0 fully saturated rings. The van der Waals surface area contributed by atoms with Gasteiger partial charge in [-0.3, -0.25) is 9.59 Å². The zero-order valence-electron chi connectivity index (χ0n) is 14.4. The quantitative estimate of drug-likeness (QED) is 0.398. The van der Waals surface area contributed by atoms with Crippen LogP contribution in [0.4, 0.5) is 5.69 Å². The van der Waals surface area contributed by atoms with Crippen LogP contribution < -0.4 is 20.2 Å². The summed E-state index contributed by atoms with van der Waals surface area (Å²) in [6.45, 7) is 0. The number of phenolic OH excluding ortho intramolecular Hbond substituents is 1. The Morgan fingerprint density at radius 1 is 1.08 bits per heavy atom. The molecule has 0 aliphatic rings. The molecule has 26 heavy (non-hydrogen) atoms. The molecule has 0 heterocycles. The Labute approximate surface area is 150 Å². The van der Waals surface area contributed by atoms with Gasteiger partial charge >= 0.3 is 0 Å². The van der Waals surface area contributed by atoms with E-state index < -0.39 is 18.2 Å². The average Bonchev–Trinajstić information content (AvgIpc) is 2.63. The highest BCUT2D eigenvalue weighted by Crippen LogP contribution is 2.27. The third kappa shape index (κ3) is 5.23. The molecule has 8 nitrogen and oxygen atoms in total. The van der Waals surface area contributed by atoms with E-state index in [0.29, 0.717) is 22.7 Å². The number of para-hydroxylation sites is 1. The van der Waals surface area contributed by atoms with E-state index >= 15 is 0 Å². The molecule has 0 atom stereocenters. The molecule has 0 spiro atoms. The SMILES string of the molecule is COc1ccc(NC(=O)CC(=O)NN=Cc2cccc(OC)c2O)cc1. The Balaban J connectivity index is 1.85. The largest absolute Gasteiger partial charge is 0.504 e. The van der Waals surface area contributed by atoms with E-state index in [9.17, 15) is 14.7 Å². The van der Waals surface area contributed by atoms with Gasteiger partial charge in [-0.05, 0) is 36.4 Å². The third-order valence-corrected chi connectivity index (χ3v) is 3.34. The fourth-order valence-electron chi connectivity index (χ4n) is 2.05. The summed E-state index contributed by atoms with van der Waals surface area (Å²) in [7, 11) is 2.98. The van der Waals surface area contributed by atoms with Gasteiger partial charge in [-0.25, -0.2) is 5.43 Å². The molecule has 0 aliphatic carbocycles. The Morgan fingerprint density at radius 3 is 2.46 bits per heavy atom. The van der Waals surface area contributed by atoms with Crippen molar-refractivity contribution >= 4 is 23.7 Å². The number of carbonyl (C=O) groups excluding carboxylic acids is 2. The second-order valence-corrected chi connectivity index (χ2v) is 5.14. The van der Waals surface area contributed by atoms with Crippen LogP contribution in [0.3, 0.4) is 0 Å². The number of hydrazone groups is 1. The molecule has 0 saturated heterocycles. The molecule has 0 saturated carbocycles. The minimum Gasteiger partial charge on any atom is -0.504 e. The standard InChI is InChI=1S/C18H19N3O5/c1-25-14-8-6-13(7-9-14)20-16(22)10-17(23)21-19-11-12-4-3-5-15(26-2)18(12)24/h3-9,11,24H,10H2,1-2H3,(H,20,22)(H,21,23). The van der Waals surface area contributed by atoms with E-state index in [1.54, 1.807) is 49.6 Å². The van der Waals surface area contributed by atoms with Crippen molar-refractivity contribution in [1.29, 1.82) is 0 Å². The summed E-state index contributed by atoms with van der Waals surface area (Å²) < 4.78 is 10.0. The van der Waals surface area contributed by atoms with Crippen LogP contribution in [0.25, 0.3) is 0 Å². The molecular formula is C18H19N3O5. The predicted molar refractivity (Wildman–Crippen MR) is 96.6 cm³/mol. The maximum absolute atomic E-state index is 11.8. The van der Waals surface area contributed by atoms with Crippen LogP contribution in [0.2, 0.25) is 0 Å². The summed E-state index contributed by atoms with van der Waals surface area (Å²) in [5, 5.41) is 16.2. The fraction of sp³-hybridized carbons (Fsp3) is 0.167. The lowest BCUT2D eigenvalue weighted by Gasteiger charge is -2.06. The summed E-state index contributed by atoms with van der Waals surface area (Å²) in [5.41, 5.74) is 3.15. The van der Waals surface area contributed by atoms with E-state index in [2.05, 4.69) is 15.8 Å². The van der Waals surface area contributed by atoms with Gasteiger partial charge in [0.25, 0.3) is 0 Å². The number of aromatic hydroxyl groups is 1. The smallest absolute Gasteiger partial charge is 0.249 e. The lowest BCUT2D eigenvalue weighted by atomic mass is 10.2. The molecule has 0 aliphatic heterocycles. The molecule has 2 amide bonds. The maximum atomic E-state index is 11.8. The highest BCUT2D eigenvalue weighted by molar-refractivity contribution is 6.03. The number of amides is 2. The van der Waals surface area contributed by atoms with Crippen LogP contribution in [0.1, 0.15) is 12.0 Å². The Bertz CT molecular complexity index is 803. The first-order chi connectivity index (χ1) is 12.5. The summed E-state index contributed by atoms with van der Waals surface area (Å²) in [4.78, 5) is 23.6. The van der Waals surface area contributed by atoms with Crippen molar-refractivity contribution in [1.82, 2.24) is 5.43 Å². The number of hydrogen-bond donors (Lipinski definition) is 3. The second-order valence-electron chi connectivity index (χ2n) is 5.14. The van der Waals surface area contributed by atoms with E-state index in [0.717, 1.165) is 0 Å². The van der Waals surface area contributed by atoms with Gasteiger partial charge < -0.3 is 19.9 Å². The van der Waals surface area contributed by atoms with Gasteiger partial charge in [0, 0.05) is 11.3 Å². The second kappa shape index (κ2) is 9.07. The van der Waals surface area contributed by atoms with Crippen LogP contribution in [-0.2, 0) is 9.59 Å². The van der Waals surface area contributed by atoms with Gasteiger partial charge in [-0.15, -0.1) is 0 Å². The number of benzene rings is 2. The highest BCUT2D eigenvalue weighted by atomic mass is 16.5. The van der Waals surface area contributed by atoms with E-state index in [1.807, 2.05) is 0 Å². The monoisotopic (exact) mass is 357 g/mol. The van der Waals surface area contributed by atoms with Crippen LogP contribution in [0.15, 0.2) is 47.6 Å². The normalized spacial score (nSPS) is 10.4. The minimum absolute atomic E-state index is 0.0924. The van der Waals surface area contributed by atoms with Gasteiger partial charge in [-0.2, -0.15) is 5.10 Å². The Hall–Kier alpha value is -3.55. The number of carbonyl (C=O) groups is 2. The molecule has 0 bridgehead atoms. The lowest BCUT2D eigenvalue weighted by molar-refractivity contribution is -0.126. The number of anilines is 1. The summed E-state index contributed by atoms with van der Waals surface area (Å²) in [6.07, 6.45) is 0.866. The van der Waals surface area contributed by atoms with Gasteiger partial charge in [0.05, 0.1) is 20.4 Å². The first kappa shape index (κ1) is 18.8. The van der Waals surface area contributed by atoms with Crippen molar-refractivity contribution < 1.29 is 24.2 Å². The van der Waals surface area contributed by atoms with Crippen LogP contribution in [0, 0.1) is 0 Å².